The number of anilines is 1. The van der Waals surface area contributed by atoms with E-state index in [1.54, 1.807) is 0 Å². The minimum Gasteiger partial charge on any atom is -0.371 e. The summed E-state index contributed by atoms with van der Waals surface area (Å²) in [5.74, 6) is -2.31. The number of hydrogen-bond acceptors (Lipinski definition) is 6. The zero-order chi connectivity index (χ0) is 22.4. The summed E-state index contributed by atoms with van der Waals surface area (Å²) in [7, 11) is 0. The molecule has 11 heteroatoms. The fourth-order valence-electron chi connectivity index (χ4n) is 2.84. The van der Waals surface area contributed by atoms with Crippen LogP contribution in [0.2, 0.25) is 0 Å². The number of carbonyl (C=O) groups excluding carboxylic acids is 1. The molecule has 1 aromatic heterocycles. The molecule has 0 bridgehead atoms. The molecular weight excluding hydrogens is 418 g/mol. The summed E-state index contributed by atoms with van der Waals surface area (Å²) in [5.41, 5.74) is -0.423. The van der Waals surface area contributed by atoms with Crippen molar-refractivity contribution in [3.63, 3.8) is 0 Å². The molecule has 1 aliphatic rings. The zero-order valence-corrected chi connectivity index (χ0v) is 16.1. The molecule has 31 heavy (non-hydrogen) atoms. The molecule has 1 aliphatic heterocycles. The van der Waals surface area contributed by atoms with Gasteiger partial charge in [-0.15, -0.1) is 0 Å². The number of aromatic nitrogens is 1. The molecule has 2 atom stereocenters. The van der Waals surface area contributed by atoms with E-state index in [1.807, 2.05) is 0 Å². The van der Waals surface area contributed by atoms with E-state index in [-0.39, 0.29) is 11.4 Å². The van der Waals surface area contributed by atoms with Crippen molar-refractivity contribution in [2.45, 2.75) is 12.3 Å². The quantitative estimate of drug-likeness (QED) is 0.476. The van der Waals surface area contributed by atoms with Gasteiger partial charge in [-0.25, -0.2) is 9.37 Å². The number of pyridine rings is 1. The number of halogens is 4. The highest BCUT2D eigenvalue weighted by Crippen LogP contribution is 2.28. The predicted octanol–water partition coefficient (Wildman–Crippen LogP) is 3.51. The van der Waals surface area contributed by atoms with Gasteiger partial charge in [0.15, 0.2) is 0 Å². The van der Waals surface area contributed by atoms with Crippen LogP contribution in [0.3, 0.4) is 0 Å². The molecule has 1 saturated heterocycles. The lowest BCUT2D eigenvalue weighted by Gasteiger charge is -2.24. The molecule has 2 heterocycles. The molecule has 1 amide bonds. The first kappa shape index (κ1) is 22.5. The number of carbonyl (C=O) groups is 1. The molecular formula is C20H19F4N5O2. The Labute approximate surface area is 175 Å². The van der Waals surface area contributed by atoms with Crippen LogP contribution in [0.4, 0.5) is 28.9 Å². The fraction of sp³-hybridized carbons (Fsp3) is 0.300. The first-order valence-electron chi connectivity index (χ1n) is 9.28. The van der Waals surface area contributed by atoms with Gasteiger partial charge in [0.2, 0.25) is 5.91 Å². The average molecular weight is 437 g/mol. The van der Waals surface area contributed by atoms with Crippen LogP contribution in [0.5, 0.6) is 0 Å². The van der Waals surface area contributed by atoms with Gasteiger partial charge in [-0.05, 0) is 24.3 Å². The van der Waals surface area contributed by atoms with Crippen LogP contribution in [0, 0.1) is 17.1 Å². The summed E-state index contributed by atoms with van der Waals surface area (Å²) < 4.78 is 57.6. The van der Waals surface area contributed by atoms with Gasteiger partial charge in [0, 0.05) is 36.8 Å². The minimum absolute atomic E-state index is 0.0872. The molecule has 1 aromatic carbocycles. The first-order valence-corrected chi connectivity index (χ1v) is 9.28. The van der Waals surface area contributed by atoms with E-state index in [2.05, 4.69) is 20.6 Å². The molecule has 3 N–H and O–H groups in total. The van der Waals surface area contributed by atoms with Crippen molar-refractivity contribution >= 4 is 29.7 Å². The van der Waals surface area contributed by atoms with Gasteiger partial charge in [-0.3, -0.25) is 9.79 Å². The second-order valence-corrected chi connectivity index (χ2v) is 6.66. The first-order chi connectivity index (χ1) is 14.8. The molecule has 0 spiro atoms. The summed E-state index contributed by atoms with van der Waals surface area (Å²) in [6.45, 7) is 1.65. The van der Waals surface area contributed by atoms with Crippen LogP contribution >= 0.6 is 0 Å². The fourth-order valence-corrected chi connectivity index (χ4v) is 2.84. The molecule has 0 radical (unpaired) electrons. The third kappa shape index (κ3) is 5.92. The maximum absolute atomic E-state index is 14.4. The topological polar surface area (TPSA) is 99.5 Å². The van der Waals surface area contributed by atoms with E-state index in [1.165, 1.54) is 12.1 Å². The third-order valence-electron chi connectivity index (χ3n) is 4.45. The number of benzene rings is 1. The molecule has 164 valence electrons. The van der Waals surface area contributed by atoms with Crippen LogP contribution in [-0.4, -0.2) is 43.0 Å². The Kier molecular flexibility index (Phi) is 7.08. The number of alkyl halides is 3. The maximum Gasteiger partial charge on any atom is 0.433 e. The molecule has 2 unspecified atom stereocenters. The summed E-state index contributed by atoms with van der Waals surface area (Å²) in [5, 5.41) is 13.0. The highest BCUT2D eigenvalue weighted by molar-refractivity contribution is 6.12. The zero-order valence-electron chi connectivity index (χ0n) is 16.1. The van der Waals surface area contributed by atoms with Crippen molar-refractivity contribution < 1.29 is 27.1 Å². The van der Waals surface area contributed by atoms with Crippen molar-refractivity contribution in [2.75, 3.05) is 25.0 Å². The van der Waals surface area contributed by atoms with Gasteiger partial charge in [0.1, 0.15) is 17.4 Å². The third-order valence-corrected chi connectivity index (χ3v) is 4.45. The number of aliphatic imine (C=N–C) groups is 1. The van der Waals surface area contributed by atoms with E-state index in [0.29, 0.717) is 25.3 Å². The lowest BCUT2D eigenvalue weighted by atomic mass is 10.1. The summed E-state index contributed by atoms with van der Waals surface area (Å²) in [6, 6.07) is 6.06. The Morgan fingerprint density at radius 3 is 2.74 bits per heavy atom. The lowest BCUT2D eigenvalue weighted by Crippen LogP contribution is -2.33. The number of ether oxygens (including phenoxy) is 1. The summed E-state index contributed by atoms with van der Waals surface area (Å²) >= 11 is 0. The smallest absolute Gasteiger partial charge is 0.371 e. The van der Waals surface area contributed by atoms with Crippen LogP contribution < -0.4 is 10.6 Å². The lowest BCUT2D eigenvalue weighted by molar-refractivity contribution is -0.141. The monoisotopic (exact) mass is 437 g/mol. The van der Waals surface area contributed by atoms with E-state index >= 15 is 0 Å². The van der Waals surface area contributed by atoms with E-state index in [0.717, 1.165) is 36.8 Å². The number of morpholine rings is 1. The number of amides is 1. The van der Waals surface area contributed by atoms with Gasteiger partial charge >= 0.3 is 6.18 Å². The number of nitrogens with zero attached hydrogens (tertiary/aromatic N) is 2. The highest BCUT2D eigenvalue weighted by atomic mass is 19.4. The number of nitrogens with one attached hydrogen (secondary N) is 3. The summed E-state index contributed by atoms with van der Waals surface area (Å²) in [6.07, 6.45) is -2.17. The Hall–Kier alpha value is -3.18. The second-order valence-electron chi connectivity index (χ2n) is 6.66. The Morgan fingerprint density at radius 2 is 2.16 bits per heavy atom. The van der Waals surface area contributed by atoms with Crippen molar-refractivity contribution in [1.82, 2.24) is 10.3 Å². The summed E-state index contributed by atoms with van der Waals surface area (Å²) in [4.78, 5) is 19.5. The van der Waals surface area contributed by atoms with Gasteiger partial charge < -0.3 is 20.8 Å². The van der Waals surface area contributed by atoms with Crippen molar-refractivity contribution in [2.24, 2.45) is 10.9 Å². The second kappa shape index (κ2) is 9.75. The highest BCUT2D eigenvalue weighted by Gasteiger charge is 2.32. The largest absolute Gasteiger partial charge is 0.433 e. The minimum atomic E-state index is -4.57. The van der Waals surface area contributed by atoms with Crippen molar-refractivity contribution in [1.29, 1.82) is 5.41 Å². The van der Waals surface area contributed by atoms with Gasteiger partial charge in [0.05, 0.1) is 24.6 Å². The van der Waals surface area contributed by atoms with Crippen molar-refractivity contribution in [3.8, 4) is 0 Å². The van der Waals surface area contributed by atoms with Gasteiger partial charge in [0.25, 0.3) is 0 Å². The number of rotatable bonds is 6. The van der Waals surface area contributed by atoms with E-state index < -0.39 is 35.6 Å². The molecule has 0 saturated carbocycles. The molecule has 2 aromatic rings. The van der Waals surface area contributed by atoms with Gasteiger partial charge in [-0.2, -0.15) is 13.2 Å². The normalized spacial score (nSPS) is 18.0. The molecule has 1 fully saturated rings. The Bertz CT molecular complexity index is 957. The predicted molar refractivity (Wildman–Crippen MR) is 106 cm³/mol. The van der Waals surface area contributed by atoms with Crippen molar-refractivity contribution in [3.05, 3.63) is 53.6 Å². The van der Waals surface area contributed by atoms with E-state index in [9.17, 15) is 22.4 Å². The SMILES string of the molecule is N=CC(C=Nc1ccc(C(F)(F)F)nc1)C(=O)Nc1ccc(C2CNCCO2)c(F)c1. The van der Waals surface area contributed by atoms with Gasteiger partial charge in [-0.1, -0.05) is 6.07 Å². The van der Waals surface area contributed by atoms with E-state index in [4.69, 9.17) is 10.1 Å². The molecule has 7 nitrogen and oxygen atoms in total. The number of hydrogen-bond donors (Lipinski definition) is 3. The van der Waals surface area contributed by atoms with Crippen LogP contribution in [0.1, 0.15) is 17.4 Å². The Morgan fingerprint density at radius 1 is 1.35 bits per heavy atom. The maximum atomic E-state index is 14.4. The standard InChI is InChI=1S/C20H19F4N5O2/c21-16-7-13(1-3-15(16)17-11-26-5-6-31-17)29-19(30)12(8-25)9-27-14-2-4-18(28-10-14)20(22,23)24/h1-4,7-10,12,17,25-26H,5-6,11H2,(H,29,30). The Balaban J connectivity index is 1.64. The molecule has 0 aliphatic carbocycles. The van der Waals surface area contributed by atoms with Crippen LogP contribution in [-0.2, 0) is 15.7 Å². The average Bonchev–Trinajstić information content (AvgIpc) is 2.74. The van der Waals surface area contributed by atoms with Crippen LogP contribution in [0.15, 0.2) is 41.5 Å². The van der Waals surface area contributed by atoms with Crippen LogP contribution in [0.25, 0.3) is 0 Å². The molecule has 3 rings (SSSR count).